The monoisotopic (exact) mass is 434 g/mol. The van der Waals surface area contributed by atoms with Gasteiger partial charge in [-0.15, -0.1) is 11.3 Å². The molecule has 2 amide bonds. The van der Waals surface area contributed by atoms with E-state index in [1.807, 2.05) is 4.90 Å². The Bertz CT molecular complexity index is 801. The minimum Gasteiger partial charge on any atom is -0.352 e. The first-order valence-corrected chi connectivity index (χ1v) is 11.4. The lowest BCUT2D eigenvalue weighted by molar-refractivity contribution is -0.133. The van der Waals surface area contributed by atoms with Crippen LogP contribution in [0.4, 0.5) is 0 Å². The molecule has 0 aromatic carbocycles. The van der Waals surface area contributed by atoms with E-state index >= 15 is 0 Å². The van der Waals surface area contributed by atoms with E-state index in [4.69, 9.17) is 11.6 Å². The van der Waals surface area contributed by atoms with Crippen molar-refractivity contribution in [2.75, 3.05) is 46.3 Å². The standard InChI is InChI=1S/C16H23ClN4O4S2/c1-19(27(24,25)16-5-4-13(17)26-16)11-15(23)21-8-6-20(7-9-21)10-14(22)18-12-2-3-12/h4-5,12H,2-3,6-11H2,1H3,(H,18,22). The van der Waals surface area contributed by atoms with Crippen molar-refractivity contribution in [2.45, 2.75) is 23.1 Å². The van der Waals surface area contributed by atoms with E-state index in [0.717, 1.165) is 28.5 Å². The zero-order valence-electron chi connectivity index (χ0n) is 15.1. The molecule has 1 saturated heterocycles. The summed E-state index contributed by atoms with van der Waals surface area (Å²) in [5.74, 6) is -0.219. The molecule has 150 valence electrons. The average molecular weight is 435 g/mol. The fourth-order valence-corrected chi connectivity index (χ4v) is 5.64. The van der Waals surface area contributed by atoms with Crippen LogP contribution in [0, 0.1) is 0 Å². The Balaban J connectivity index is 1.46. The van der Waals surface area contributed by atoms with Gasteiger partial charge in [-0.1, -0.05) is 11.6 Å². The highest BCUT2D eigenvalue weighted by molar-refractivity contribution is 7.91. The highest BCUT2D eigenvalue weighted by Gasteiger charge is 2.29. The number of nitrogens with zero attached hydrogens (tertiary/aromatic N) is 3. The second-order valence-corrected chi connectivity index (χ2v) is 10.8. The van der Waals surface area contributed by atoms with Gasteiger partial charge in [0.2, 0.25) is 11.8 Å². The van der Waals surface area contributed by atoms with Crippen molar-refractivity contribution < 1.29 is 18.0 Å². The molecule has 1 aliphatic heterocycles. The van der Waals surface area contributed by atoms with E-state index in [9.17, 15) is 18.0 Å². The van der Waals surface area contributed by atoms with Crippen LogP contribution < -0.4 is 5.32 Å². The Morgan fingerprint density at radius 3 is 2.48 bits per heavy atom. The summed E-state index contributed by atoms with van der Waals surface area (Å²) in [6, 6.07) is 3.30. The van der Waals surface area contributed by atoms with Gasteiger partial charge in [-0.25, -0.2) is 8.42 Å². The molecule has 2 heterocycles. The molecular formula is C16H23ClN4O4S2. The van der Waals surface area contributed by atoms with Gasteiger partial charge in [-0.3, -0.25) is 14.5 Å². The molecule has 3 rings (SSSR count). The van der Waals surface area contributed by atoms with E-state index in [0.29, 0.717) is 43.1 Å². The molecule has 1 saturated carbocycles. The van der Waals surface area contributed by atoms with E-state index in [1.165, 1.54) is 19.2 Å². The number of piperazine rings is 1. The van der Waals surface area contributed by atoms with Crippen LogP contribution in [0.3, 0.4) is 0 Å². The average Bonchev–Trinajstić information content (AvgIpc) is 3.31. The minimum absolute atomic E-state index is 0.0257. The van der Waals surface area contributed by atoms with E-state index in [2.05, 4.69) is 5.32 Å². The van der Waals surface area contributed by atoms with Crippen LogP contribution in [0.5, 0.6) is 0 Å². The molecule has 0 spiro atoms. The molecule has 2 fully saturated rings. The number of sulfonamides is 1. The quantitative estimate of drug-likeness (QED) is 0.672. The molecule has 0 atom stereocenters. The summed E-state index contributed by atoms with van der Waals surface area (Å²) in [5.41, 5.74) is 0. The number of hydrogen-bond donors (Lipinski definition) is 1. The van der Waals surface area contributed by atoms with Crippen molar-refractivity contribution in [2.24, 2.45) is 0 Å². The third-order valence-electron chi connectivity index (χ3n) is 4.61. The number of rotatable bonds is 7. The summed E-state index contributed by atoms with van der Waals surface area (Å²) >= 11 is 6.77. The third kappa shape index (κ3) is 5.41. The van der Waals surface area contributed by atoms with Crippen LogP contribution in [0.1, 0.15) is 12.8 Å². The maximum absolute atomic E-state index is 12.5. The molecule has 8 nitrogen and oxygen atoms in total. The lowest BCUT2D eigenvalue weighted by Gasteiger charge is -2.35. The zero-order chi connectivity index (χ0) is 19.6. The summed E-state index contributed by atoms with van der Waals surface area (Å²) in [5, 5.41) is 2.95. The molecule has 27 heavy (non-hydrogen) atoms. The molecule has 1 aromatic rings. The number of halogens is 1. The fraction of sp³-hybridized carbons (Fsp3) is 0.625. The molecule has 1 N–H and O–H groups in total. The van der Waals surface area contributed by atoms with Crippen LogP contribution in [0.15, 0.2) is 16.3 Å². The summed E-state index contributed by atoms with van der Waals surface area (Å²) < 4.78 is 26.5. The van der Waals surface area contributed by atoms with Crippen LogP contribution in [0.25, 0.3) is 0 Å². The van der Waals surface area contributed by atoms with Crippen LogP contribution in [0.2, 0.25) is 4.34 Å². The maximum atomic E-state index is 12.5. The number of nitrogens with one attached hydrogen (secondary N) is 1. The van der Waals surface area contributed by atoms with Crippen molar-refractivity contribution >= 4 is 44.8 Å². The van der Waals surface area contributed by atoms with Gasteiger partial charge in [-0.05, 0) is 25.0 Å². The van der Waals surface area contributed by atoms with Gasteiger partial charge in [0.05, 0.1) is 17.4 Å². The van der Waals surface area contributed by atoms with Crippen molar-refractivity contribution in [1.29, 1.82) is 0 Å². The van der Waals surface area contributed by atoms with Crippen LogP contribution >= 0.6 is 22.9 Å². The molecule has 11 heteroatoms. The van der Waals surface area contributed by atoms with Crippen molar-refractivity contribution in [3.05, 3.63) is 16.5 Å². The maximum Gasteiger partial charge on any atom is 0.252 e. The van der Waals surface area contributed by atoms with Gasteiger partial charge in [-0.2, -0.15) is 4.31 Å². The molecule has 2 aliphatic rings. The van der Waals surface area contributed by atoms with Gasteiger partial charge in [0.25, 0.3) is 10.0 Å². The normalized spacial score (nSPS) is 18.7. The van der Waals surface area contributed by atoms with Gasteiger partial charge in [0.15, 0.2) is 0 Å². The van der Waals surface area contributed by atoms with E-state index in [1.54, 1.807) is 4.90 Å². The SMILES string of the molecule is CN(CC(=O)N1CCN(CC(=O)NC2CC2)CC1)S(=O)(=O)c1ccc(Cl)s1. The molecule has 1 aliphatic carbocycles. The number of thiophene rings is 1. The Morgan fingerprint density at radius 2 is 1.93 bits per heavy atom. The summed E-state index contributed by atoms with van der Waals surface area (Å²) in [7, 11) is -2.34. The highest BCUT2D eigenvalue weighted by Crippen LogP contribution is 2.27. The zero-order valence-corrected chi connectivity index (χ0v) is 17.4. The molecule has 0 bridgehead atoms. The molecule has 0 radical (unpaired) electrons. The predicted octanol–water partition coefficient (Wildman–Crippen LogP) is 0.445. The third-order valence-corrected chi connectivity index (χ3v) is 8.11. The van der Waals surface area contributed by atoms with Gasteiger partial charge in [0, 0.05) is 39.3 Å². The molecule has 1 aromatic heterocycles. The van der Waals surface area contributed by atoms with Crippen molar-refractivity contribution in [3.63, 3.8) is 0 Å². The summed E-state index contributed by atoms with van der Waals surface area (Å²) in [6.45, 7) is 2.27. The van der Waals surface area contributed by atoms with Crippen LogP contribution in [-0.2, 0) is 19.6 Å². The minimum atomic E-state index is -3.73. The summed E-state index contributed by atoms with van der Waals surface area (Å²) in [4.78, 5) is 28.0. The lowest BCUT2D eigenvalue weighted by Crippen LogP contribution is -2.53. The number of carbonyl (C=O) groups is 2. The predicted molar refractivity (Wildman–Crippen MR) is 103 cm³/mol. The topological polar surface area (TPSA) is 90.0 Å². The number of carbonyl (C=O) groups excluding carboxylic acids is 2. The molecular weight excluding hydrogens is 412 g/mol. The largest absolute Gasteiger partial charge is 0.352 e. The van der Waals surface area contributed by atoms with E-state index in [-0.39, 0.29) is 22.6 Å². The van der Waals surface area contributed by atoms with E-state index < -0.39 is 10.0 Å². The van der Waals surface area contributed by atoms with Crippen molar-refractivity contribution in [3.8, 4) is 0 Å². The first kappa shape index (κ1) is 20.5. The first-order chi connectivity index (χ1) is 12.8. The Kier molecular flexibility index (Phi) is 6.42. The number of hydrogen-bond acceptors (Lipinski definition) is 6. The second kappa shape index (κ2) is 8.44. The van der Waals surface area contributed by atoms with Gasteiger partial charge in [0.1, 0.15) is 4.21 Å². The molecule has 0 unspecified atom stereocenters. The Labute approximate surface area is 168 Å². The smallest absolute Gasteiger partial charge is 0.252 e. The van der Waals surface area contributed by atoms with Crippen LogP contribution in [-0.4, -0.2) is 86.7 Å². The fourth-order valence-electron chi connectivity index (χ4n) is 2.82. The van der Waals surface area contributed by atoms with Crippen molar-refractivity contribution in [1.82, 2.24) is 19.4 Å². The Hall–Kier alpha value is -1.20. The highest BCUT2D eigenvalue weighted by atomic mass is 35.5. The number of amides is 2. The summed E-state index contributed by atoms with van der Waals surface area (Å²) in [6.07, 6.45) is 2.12. The number of likely N-dealkylation sites (N-methyl/N-ethyl adjacent to an activating group) is 1. The lowest BCUT2D eigenvalue weighted by atomic mass is 10.3. The van der Waals surface area contributed by atoms with Gasteiger partial charge < -0.3 is 10.2 Å². The second-order valence-electron chi connectivity index (χ2n) is 6.82. The van der Waals surface area contributed by atoms with Gasteiger partial charge >= 0.3 is 0 Å². The first-order valence-electron chi connectivity index (χ1n) is 8.77. The Morgan fingerprint density at radius 1 is 1.26 bits per heavy atom.